The first-order valence-corrected chi connectivity index (χ1v) is 8.77. The number of hydrogen-bond acceptors (Lipinski definition) is 3. The first-order valence-electron chi connectivity index (χ1n) is 5.70. The molecular formula is C13H10Br2FNO3S. The Balaban J connectivity index is 2.41. The second-order valence-electron chi connectivity index (χ2n) is 4.15. The Morgan fingerprint density at radius 3 is 2.43 bits per heavy atom. The fourth-order valence-corrected chi connectivity index (χ4v) is 4.31. The monoisotopic (exact) mass is 437 g/mol. The number of hydrogen-bond donors (Lipinski definition) is 2. The number of rotatable bonds is 4. The molecular weight excluding hydrogens is 429 g/mol. The Labute approximate surface area is 138 Å². The first kappa shape index (κ1) is 16.4. The third-order valence-corrected chi connectivity index (χ3v) is 5.67. The van der Waals surface area contributed by atoms with Crippen LogP contribution < -0.4 is 4.72 Å². The summed E-state index contributed by atoms with van der Waals surface area (Å²) in [6, 6.07) is 8.09. The van der Waals surface area contributed by atoms with Gasteiger partial charge in [0.1, 0.15) is 10.7 Å². The molecule has 0 atom stereocenters. The van der Waals surface area contributed by atoms with Crippen LogP contribution in [-0.2, 0) is 16.6 Å². The molecule has 2 rings (SSSR count). The average molecular weight is 439 g/mol. The van der Waals surface area contributed by atoms with E-state index >= 15 is 0 Å². The van der Waals surface area contributed by atoms with E-state index in [0.717, 1.165) is 6.07 Å². The van der Waals surface area contributed by atoms with Crippen molar-refractivity contribution in [2.75, 3.05) is 4.72 Å². The highest BCUT2D eigenvalue weighted by Gasteiger charge is 2.19. The van der Waals surface area contributed by atoms with Gasteiger partial charge in [-0.05, 0) is 67.8 Å². The summed E-state index contributed by atoms with van der Waals surface area (Å²) in [7, 11) is -3.88. The fraction of sp³-hybridized carbons (Fsp3) is 0.0769. The maximum absolute atomic E-state index is 13.2. The van der Waals surface area contributed by atoms with Crippen LogP contribution in [0.4, 0.5) is 10.1 Å². The van der Waals surface area contributed by atoms with Crippen LogP contribution in [0.25, 0.3) is 0 Å². The van der Waals surface area contributed by atoms with E-state index in [-0.39, 0.29) is 17.2 Å². The van der Waals surface area contributed by atoms with Gasteiger partial charge in [0.2, 0.25) is 0 Å². The second-order valence-corrected chi connectivity index (χ2v) is 7.51. The smallest absolute Gasteiger partial charge is 0.263 e. The van der Waals surface area contributed by atoms with E-state index in [2.05, 4.69) is 36.6 Å². The third kappa shape index (κ3) is 3.82. The maximum Gasteiger partial charge on any atom is 0.263 e. The number of anilines is 1. The zero-order chi connectivity index (χ0) is 15.6. The van der Waals surface area contributed by atoms with Crippen LogP contribution in [0.5, 0.6) is 0 Å². The number of benzene rings is 2. The van der Waals surface area contributed by atoms with E-state index in [4.69, 9.17) is 5.11 Å². The molecule has 21 heavy (non-hydrogen) atoms. The normalized spacial score (nSPS) is 11.4. The quantitative estimate of drug-likeness (QED) is 0.765. The van der Waals surface area contributed by atoms with Crippen molar-refractivity contribution in [3.63, 3.8) is 0 Å². The number of sulfonamides is 1. The van der Waals surface area contributed by atoms with E-state index in [1.165, 1.54) is 30.3 Å². The predicted molar refractivity (Wildman–Crippen MR) is 85.0 cm³/mol. The molecule has 0 heterocycles. The van der Waals surface area contributed by atoms with Crippen molar-refractivity contribution in [2.45, 2.75) is 11.5 Å². The van der Waals surface area contributed by atoms with Gasteiger partial charge in [0.15, 0.2) is 0 Å². The molecule has 0 aliphatic rings. The van der Waals surface area contributed by atoms with E-state index < -0.39 is 15.8 Å². The lowest BCUT2D eigenvalue weighted by Crippen LogP contribution is -2.14. The summed E-state index contributed by atoms with van der Waals surface area (Å²) in [6.45, 7) is -0.193. The Morgan fingerprint density at radius 1 is 1.10 bits per heavy atom. The molecule has 0 aliphatic carbocycles. The number of nitrogens with one attached hydrogen (secondary N) is 1. The van der Waals surface area contributed by atoms with Crippen LogP contribution in [0.1, 0.15) is 5.56 Å². The average Bonchev–Trinajstić information content (AvgIpc) is 2.42. The largest absolute Gasteiger partial charge is 0.392 e. The molecule has 0 unspecified atom stereocenters. The molecule has 0 saturated heterocycles. The molecule has 0 bridgehead atoms. The molecule has 0 radical (unpaired) electrons. The number of halogens is 3. The van der Waals surface area contributed by atoms with Gasteiger partial charge in [-0.25, -0.2) is 12.8 Å². The zero-order valence-electron chi connectivity index (χ0n) is 10.5. The van der Waals surface area contributed by atoms with Crippen LogP contribution in [0, 0.1) is 5.82 Å². The third-order valence-electron chi connectivity index (χ3n) is 2.64. The first-order chi connectivity index (χ1) is 9.83. The van der Waals surface area contributed by atoms with Gasteiger partial charge in [-0.15, -0.1) is 0 Å². The van der Waals surface area contributed by atoms with Crippen molar-refractivity contribution in [3.8, 4) is 0 Å². The second kappa shape index (κ2) is 6.43. The highest BCUT2D eigenvalue weighted by molar-refractivity contribution is 9.11. The summed E-state index contributed by atoms with van der Waals surface area (Å²) in [4.78, 5) is -0.00383. The minimum Gasteiger partial charge on any atom is -0.392 e. The molecule has 2 aromatic rings. The molecule has 2 aromatic carbocycles. The topological polar surface area (TPSA) is 66.4 Å². The van der Waals surface area contributed by atoms with Crippen molar-refractivity contribution in [1.82, 2.24) is 0 Å². The van der Waals surface area contributed by atoms with E-state index in [0.29, 0.717) is 14.5 Å². The lowest BCUT2D eigenvalue weighted by Gasteiger charge is -2.12. The predicted octanol–water partition coefficient (Wildman–Crippen LogP) is 3.64. The van der Waals surface area contributed by atoms with E-state index in [1.807, 2.05) is 0 Å². The molecule has 0 aliphatic heterocycles. The lowest BCUT2D eigenvalue weighted by atomic mass is 10.2. The summed E-state index contributed by atoms with van der Waals surface area (Å²) in [5, 5.41) is 9.02. The summed E-state index contributed by atoms with van der Waals surface area (Å²) >= 11 is 6.31. The fourth-order valence-electron chi connectivity index (χ4n) is 1.64. The maximum atomic E-state index is 13.2. The Hall–Kier alpha value is -0.960. The van der Waals surface area contributed by atoms with Gasteiger partial charge >= 0.3 is 0 Å². The number of aliphatic hydroxyl groups excluding tert-OH is 1. The van der Waals surface area contributed by atoms with Crippen molar-refractivity contribution in [2.24, 2.45) is 0 Å². The van der Waals surface area contributed by atoms with Crippen LogP contribution in [-0.4, -0.2) is 13.5 Å². The highest BCUT2D eigenvalue weighted by Crippen LogP contribution is 2.29. The molecule has 0 spiro atoms. The molecule has 0 fully saturated rings. The Kier molecular flexibility index (Phi) is 5.03. The molecule has 8 heteroatoms. The molecule has 2 N–H and O–H groups in total. The van der Waals surface area contributed by atoms with Gasteiger partial charge in [0, 0.05) is 8.95 Å². The lowest BCUT2D eigenvalue weighted by molar-refractivity contribution is 0.281. The van der Waals surface area contributed by atoms with E-state index in [1.54, 1.807) is 0 Å². The molecule has 0 amide bonds. The van der Waals surface area contributed by atoms with Crippen LogP contribution >= 0.6 is 31.9 Å². The summed E-state index contributed by atoms with van der Waals surface area (Å²) in [6.07, 6.45) is 0. The van der Waals surface area contributed by atoms with Crippen molar-refractivity contribution in [1.29, 1.82) is 0 Å². The van der Waals surface area contributed by atoms with Gasteiger partial charge in [0.25, 0.3) is 10.0 Å². The SMILES string of the molecule is O=S(=O)(Nc1cc(F)ccc1Br)c1ccc(CO)cc1Br. The van der Waals surface area contributed by atoms with Crippen LogP contribution in [0.15, 0.2) is 50.2 Å². The standard InChI is InChI=1S/C13H10Br2FNO3S/c14-10-3-2-9(16)6-12(10)17-21(19,20)13-4-1-8(7-18)5-11(13)15/h1-6,17-18H,7H2. The Morgan fingerprint density at radius 2 is 1.81 bits per heavy atom. The Bertz CT molecular complexity index is 781. The van der Waals surface area contributed by atoms with Crippen LogP contribution in [0.2, 0.25) is 0 Å². The molecule has 4 nitrogen and oxygen atoms in total. The molecule has 0 aromatic heterocycles. The zero-order valence-corrected chi connectivity index (χ0v) is 14.5. The molecule has 112 valence electrons. The summed E-state index contributed by atoms with van der Waals surface area (Å²) in [5.41, 5.74) is 0.681. The van der Waals surface area contributed by atoms with Crippen molar-refractivity contribution >= 4 is 47.6 Å². The van der Waals surface area contributed by atoms with Crippen LogP contribution in [0.3, 0.4) is 0 Å². The number of aliphatic hydroxyl groups is 1. The molecule has 0 saturated carbocycles. The van der Waals surface area contributed by atoms with Crippen molar-refractivity contribution < 1.29 is 17.9 Å². The van der Waals surface area contributed by atoms with Gasteiger partial charge in [0.05, 0.1) is 12.3 Å². The van der Waals surface area contributed by atoms with Gasteiger partial charge in [-0.1, -0.05) is 6.07 Å². The van der Waals surface area contributed by atoms with Gasteiger partial charge < -0.3 is 5.11 Å². The summed E-state index contributed by atoms with van der Waals surface area (Å²) < 4.78 is 40.9. The highest BCUT2D eigenvalue weighted by atomic mass is 79.9. The minimum absolute atomic E-state index is 0.00383. The summed E-state index contributed by atoms with van der Waals surface area (Å²) in [5.74, 6) is -0.550. The van der Waals surface area contributed by atoms with E-state index in [9.17, 15) is 12.8 Å². The van der Waals surface area contributed by atoms with Crippen molar-refractivity contribution in [3.05, 3.63) is 56.7 Å². The van der Waals surface area contributed by atoms with Gasteiger partial charge in [-0.3, -0.25) is 4.72 Å². The van der Waals surface area contributed by atoms with Gasteiger partial charge in [-0.2, -0.15) is 0 Å². The minimum atomic E-state index is -3.88.